The van der Waals surface area contributed by atoms with Gasteiger partial charge in [-0.25, -0.2) is 0 Å². The number of hydrogen-bond acceptors (Lipinski definition) is 3. The molecular weight excluding hydrogens is 358 g/mol. The molecule has 0 aliphatic heterocycles. The molecule has 0 saturated carbocycles. The standard InChI is InChI=1S/C12H13N.C10H8O3S/c1-2-9-13-12-8-7-10-5-3-4-6-11(10)12;11-14(12,13)10-7-3-5-8-4-1-2-6-9(8)10/h1,3-6,12-13H,7-9H2;1-7H,(H,11,12,13)/t12-;/m1./s1. The van der Waals surface area contributed by atoms with E-state index in [0.717, 1.165) is 5.39 Å². The Hall–Kier alpha value is -2.65. The van der Waals surface area contributed by atoms with Crippen molar-refractivity contribution in [1.82, 2.24) is 5.32 Å². The highest BCUT2D eigenvalue weighted by molar-refractivity contribution is 7.86. The smallest absolute Gasteiger partial charge is 0.295 e. The molecule has 0 bridgehead atoms. The lowest BCUT2D eigenvalue weighted by Crippen LogP contribution is -2.19. The second kappa shape index (κ2) is 8.36. The zero-order valence-electron chi connectivity index (χ0n) is 14.8. The maximum atomic E-state index is 11.0. The molecule has 1 aliphatic rings. The molecule has 1 aliphatic carbocycles. The van der Waals surface area contributed by atoms with Crippen molar-refractivity contribution in [3.8, 4) is 12.3 Å². The predicted molar refractivity (Wildman–Crippen MR) is 108 cm³/mol. The zero-order valence-corrected chi connectivity index (χ0v) is 15.6. The van der Waals surface area contributed by atoms with Crippen molar-refractivity contribution in [1.29, 1.82) is 0 Å². The molecule has 0 unspecified atom stereocenters. The quantitative estimate of drug-likeness (QED) is 0.534. The van der Waals surface area contributed by atoms with Crippen LogP contribution < -0.4 is 5.32 Å². The van der Waals surface area contributed by atoms with Gasteiger partial charge in [-0.2, -0.15) is 8.42 Å². The second-order valence-electron chi connectivity index (χ2n) is 6.33. The Morgan fingerprint density at radius 2 is 1.74 bits per heavy atom. The fraction of sp³-hybridized carbons (Fsp3) is 0.182. The van der Waals surface area contributed by atoms with Crippen molar-refractivity contribution in [2.45, 2.75) is 23.8 Å². The third-order valence-corrected chi connectivity index (χ3v) is 5.52. The number of fused-ring (bicyclic) bond motifs is 2. The van der Waals surface area contributed by atoms with Crippen molar-refractivity contribution in [2.24, 2.45) is 0 Å². The minimum atomic E-state index is -4.13. The lowest BCUT2D eigenvalue weighted by molar-refractivity contribution is 0.484. The minimum absolute atomic E-state index is 0.0457. The topological polar surface area (TPSA) is 66.4 Å². The van der Waals surface area contributed by atoms with Crippen LogP contribution in [0, 0.1) is 12.3 Å². The fourth-order valence-corrected chi connectivity index (χ4v) is 4.09. The number of benzene rings is 3. The summed E-state index contributed by atoms with van der Waals surface area (Å²) in [5.74, 6) is 2.61. The van der Waals surface area contributed by atoms with Crippen LogP contribution in [0.4, 0.5) is 0 Å². The number of hydrogen-bond donors (Lipinski definition) is 2. The average molecular weight is 379 g/mol. The van der Waals surface area contributed by atoms with Crippen molar-refractivity contribution < 1.29 is 13.0 Å². The van der Waals surface area contributed by atoms with Crippen LogP contribution in [-0.2, 0) is 16.5 Å². The molecule has 0 amide bonds. The molecule has 1 atom stereocenters. The molecular formula is C22H21NO3S. The Morgan fingerprint density at radius 3 is 2.52 bits per heavy atom. The summed E-state index contributed by atoms with van der Waals surface area (Å²) < 4.78 is 31.0. The van der Waals surface area contributed by atoms with Gasteiger partial charge in [0.25, 0.3) is 10.1 Å². The molecule has 5 heteroatoms. The van der Waals surface area contributed by atoms with Gasteiger partial charge in [0, 0.05) is 11.4 Å². The lowest BCUT2D eigenvalue weighted by atomic mass is 10.1. The third-order valence-electron chi connectivity index (χ3n) is 4.61. The first-order valence-electron chi connectivity index (χ1n) is 8.70. The summed E-state index contributed by atoms with van der Waals surface area (Å²) in [6.07, 6.45) is 7.57. The summed E-state index contributed by atoms with van der Waals surface area (Å²) in [6.45, 7) is 0.666. The van der Waals surface area contributed by atoms with Gasteiger partial charge >= 0.3 is 0 Å². The second-order valence-corrected chi connectivity index (χ2v) is 7.72. The highest BCUT2D eigenvalue weighted by atomic mass is 32.2. The molecule has 0 fully saturated rings. The lowest BCUT2D eigenvalue weighted by Gasteiger charge is -2.10. The molecule has 0 saturated heterocycles. The van der Waals surface area contributed by atoms with Gasteiger partial charge in [-0.1, -0.05) is 66.6 Å². The molecule has 27 heavy (non-hydrogen) atoms. The van der Waals surface area contributed by atoms with Crippen LogP contribution in [0.25, 0.3) is 10.8 Å². The van der Waals surface area contributed by atoms with Crippen molar-refractivity contribution >= 4 is 20.9 Å². The summed E-state index contributed by atoms with van der Waals surface area (Å²) in [4.78, 5) is -0.0457. The number of rotatable bonds is 3. The van der Waals surface area contributed by atoms with Crippen LogP contribution >= 0.6 is 0 Å². The first-order chi connectivity index (χ1) is 13.0. The van der Waals surface area contributed by atoms with E-state index in [4.69, 9.17) is 11.0 Å². The SMILES string of the molecule is C#CCN[C@@H]1CCc2ccccc21.O=S(=O)(O)c1cccc2ccccc12. The minimum Gasteiger partial charge on any atom is -0.299 e. The maximum absolute atomic E-state index is 11.0. The van der Waals surface area contributed by atoms with E-state index in [1.165, 1.54) is 30.0 Å². The largest absolute Gasteiger partial charge is 0.299 e. The van der Waals surface area contributed by atoms with Gasteiger partial charge in [0.1, 0.15) is 4.90 Å². The summed E-state index contributed by atoms with van der Waals surface area (Å²) in [5.41, 5.74) is 2.90. The molecule has 138 valence electrons. The summed E-state index contributed by atoms with van der Waals surface area (Å²) in [5, 5.41) is 4.68. The summed E-state index contributed by atoms with van der Waals surface area (Å²) >= 11 is 0. The summed E-state index contributed by atoms with van der Waals surface area (Å²) in [7, 11) is -4.13. The third kappa shape index (κ3) is 4.55. The van der Waals surface area contributed by atoms with Gasteiger partial charge in [0.15, 0.2) is 0 Å². The molecule has 4 rings (SSSR count). The van der Waals surface area contributed by atoms with Crippen LogP contribution in [0.2, 0.25) is 0 Å². The van der Waals surface area contributed by atoms with Gasteiger partial charge in [-0.05, 0) is 35.4 Å². The number of terminal acetylenes is 1. The van der Waals surface area contributed by atoms with Crippen molar-refractivity contribution in [3.63, 3.8) is 0 Å². The van der Waals surface area contributed by atoms with E-state index in [2.05, 4.69) is 35.5 Å². The monoisotopic (exact) mass is 379 g/mol. The molecule has 0 spiro atoms. The molecule has 2 N–H and O–H groups in total. The normalized spacial score (nSPS) is 15.5. The van der Waals surface area contributed by atoms with Crippen LogP contribution in [0.5, 0.6) is 0 Å². The van der Waals surface area contributed by atoms with Crippen LogP contribution in [0.15, 0.2) is 71.6 Å². The fourth-order valence-electron chi connectivity index (χ4n) is 3.37. The van der Waals surface area contributed by atoms with Gasteiger partial charge in [0.2, 0.25) is 0 Å². The predicted octanol–water partition coefficient (Wildman–Crippen LogP) is 3.98. The van der Waals surface area contributed by atoms with Crippen molar-refractivity contribution in [3.05, 3.63) is 77.9 Å². The zero-order chi connectivity index (χ0) is 19.3. The van der Waals surface area contributed by atoms with E-state index in [0.29, 0.717) is 18.0 Å². The van der Waals surface area contributed by atoms with E-state index in [1.54, 1.807) is 30.3 Å². The highest BCUT2D eigenvalue weighted by Crippen LogP contribution is 2.30. The molecule has 3 aromatic carbocycles. The average Bonchev–Trinajstić information content (AvgIpc) is 3.09. The van der Waals surface area contributed by atoms with E-state index >= 15 is 0 Å². The first-order valence-corrected chi connectivity index (χ1v) is 10.1. The molecule has 0 aromatic heterocycles. The highest BCUT2D eigenvalue weighted by Gasteiger charge is 2.20. The van der Waals surface area contributed by atoms with Crippen LogP contribution in [0.1, 0.15) is 23.6 Å². The van der Waals surface area contributed by atoms with E-state index in [-0.39, 0.29) is 4.90 Å². The Labute approximate surface area is 160 Å². The Morgan fingerprint density at radius 1 is 1.04 bits per heavy atom. The first kappa shape index (κ1) is 19.1. The van der Waals surface area contributed by atoms with E-state index in [1.807, 2.05) is 6.07 Å². The Kier molecular flexibility index (Phi) is 5.92. The van der Waals surface area contributed by atoms with Crippen LogP contribution in [0.3, 0.4) is 0 Å². The van der Waals surface area contributed by atoms with E-state index in [9.17, 15) is 8.42 Å². The maximum Gasteiger partial charge on any atom is 0.295 e. The van der Waals surface area contributed by atoms with Gasteiger partial charge in [-0.15, -0.1) is 6.42 Å². The molecule has 0 radical (unpaired) electrons. The number of aryl methyl sites for hydroxylation is 1. The Bertz CT molecular complexity index is 1080. The number of nitrogens with one attached hydrogen (secondary N) is 1. The molecule has 3 aromatic rings. The van der Waals surface area contributed by atoms with E-state index < -0.39 is 10.1 Å². The molecule has 4 nitrogen and oxygen atoms in total. The van der Waals surface area contributed by atoms with Gasteiger partial charge in [-0.3, -0.25) is 9.87 Å². The van der Waals surface area contributed by atoms with Crippen LogP contribution in [-0.4, -0.2) is 19.5 Å². The Balaban J connectivity index is 0.000000156. The van der Waals surface area contributed by atoms with Crippen molar-refractivity contribution in [2.75, 3.05) is 6.54 Å². The van der Waals surface area contributed by atoms with Gasteiger partial charge < -0.3 is 0 Å². The van der Waals surface area contributed by atoms with Gasteiger partial charge in [0.05, 0.1) is 6.54 Å². The molecule has 0 heterocycles. The summed E-state index contributed by atoms with van der Waals surface area (Å²) in [6, 6.07) is 20.9.